The number of rotatable bonds is 5. The average molecular weight is 454 g/mol. The van der Waals surface area contributed by atoms with Gasteiger partial charge in [0.05, 0.1) is 18.6 Å². The number of anilines is 1. The first-order valence-electron chi connectivity index (χ1n) is 11.2. The van der Waals surface area contributed by atoms with E-state index >= 15 is 0 Å². The number of hydrogen-bond donors (Lipinski definition) is 1. The molecule has 0 amide bonds. The first-order valence-corrected chi connectivity index (χ1v) is 13.2. The number of nitrogens with one attached hydrogen (secondary N) is 1. The van der Waals surface area contributed by atoms with Crippen LogP contribution < -0.4 is 5.32 Å². The molecule has 0 radical (unpaired) electrons. The number of morpholine rings is 1. The van der Waals surface area contributed by atoms with E-state index in [0.29, 0.717) is 0 Å². The Kier molecular flexibility index (Phi) is 5.34. The number of aryl methyl sites for hydroxylation is 2. The van der Waals surface area contributed by atoms with Gasteiger partial charge in [0.1, 0.15) is 10.6 Å². The van der Waals surface area contributed by atoms with Gasteiger partial charge in [-0.3, -0.25) is 9.88 Å². The molecular formula is C23H27N5OS2. The van der Waals surface area contributed by atoms with Crippen LogP contribution in [0.1, 0.15) is 23.3 Å². The molecule has 2 saturated heterocycles. The molecular weight excluding hydrogens is 426 g/mol. The first kappa shape index (κ1) is 19.9. The van der Waals surface area contributed by atoms with Gasteiger partial charge >= 0.3 is 0 Å². The average Bonchev–Trinajstić information content (AvgIpc) is 3.55. The molecule has 1 N–H and O–H groups in total. The van der Waals surface area contributed by atoms with Gasteiger partial charge < -0.3 is 10.1 Å². The third-order valence-corrected chi connectivity index (χ3v) is 9.25. The monoisotopic (exact) mass is 453 g/mol. The van der Waals surface area contributed by atoms with Crippen molar-refractivity contribution in [3.05, 3.63) is 35.0 Å². The zero-order valence-electron chi connectivity index (χ0n) is 17.6. The van der Waals surface area contributed by atoms with Crippen LogP contribution in [-0.2, 0) is 17.6 Å². The summed E-state index contributed by atoms with van der Waals surface area (Å²) in [5.41, 5.74) is 2.63. The van der Waals surface area contributed by atoms with Gasteiger partial charge in [-0.1, -0.05) is 0 Å². The largest absolute Gasteiger partial charge is 0.379 e. The Balaban J connectivity index is 1.38. The van der Waals surface area contributed by atoms with E-state index in [1.807, 2.05) is 29.7 Å². The number of thioether (sulfide) groups is 1. The van der Waals surface area contributed by atoms with Crippen molar-refractivity contribution in [3.8, 4) is 11.4 Å². The predicted molar refractivity (Wildman–Crippen MR) is 128 cm³/mol. The van der Waals surface area contributed by atoms with E-state index in [1.165, 1.54) is 46.6 Å². The number of pyridine rings is 1. The molecule has 0 aromatic carbocycles. The molecule has 2 fully saturated rings. The Bertz CT molecular complexity index is 1070. The zero-order chi connectivity index (χ0) is 20.7. The van der Waals surface area contributed by atoms with Crippen molar-refractivity contribution in [2.24, 2.45) is 0 Å². The Morgan fingerprint density at radius 1 is 1.19 bits per heavy atom. The fraction of sp³-hybridized carbons (Fsp3) is 0.522. The number of nitrogens with zero attached hydrogens (tertiary/aromatic N) is 4. The highest BCUT2D eigenvalue weighted by Gasteiger charge is 2.40. The van der Waals surface area contributed by atoms with E-state index in [9.17, 15) is 0 Å². The topological polar surface area (TPSA) is 63.2 Å². The van der Waals surface area contributed by atoms with Gasteiger partial charge in [0.25, 0.3) is 0 Å². The second-order valence-electron chi connectivity index (χ2n) is 8.65. The van der Waals surface area contributed by atoms with Crippen molar-refractivity contribution in [3.63, 3.8) is 0 Å². The second-order valence-corrected chi connectivity index (χ2v) is 10.8. The standard InChI is InChI=1S/C23H27N5OS2/c1-4-17-18(5-1)31-22-19(17)21(26-20(27-22)16-3-2-7-24-13-16)25-14-23(6-12-30-15-23)28-8-10-29-11-9-28/h2-3,7,13H,1,4-6,8-12,14-15H2,(H,25,26,27). The highest BCUT2D eigenvalue weighted by molar-refractivity contribution is 7.99. The molecule has 3 aromatic heterocycles. The van der Waals surface area contributed by atoms with Gasteiger partial charge in [-0.25, -0.2) is 9.97 Å². The summed E-state index contributed by atoms with van der Waals surface area (Å²) in [5.74, 6) is 4.18. The number of hydrogen-bond acceptors (Lipinski definition) is 8. The molecule has 0 bridgehead atoms. The SMILES string of the molecule is c1cncc(-c2nc(NCC3(N4CCOCC4)CCSC3)c3c4c(sc3n2)CCC4)c1. The second kappa shape index (κ2) is 8.31. The molecule has 1 atom stereocenters. The summed E-state index contributed by atoms with van der Waals surface area (Å²) in [4.78, 5) is 19.6. The van der Waals surface area contributed by atoms with Crippen molar-refractivity contribution in [1.29, 1.82) is 0 Å². The van der Waals surface area contributed by atoms with E-state index in [1.54, 1.807) is 6.20 Å². The summed E-state index contributed by atoms with van der Waals surface area (Å²) in [5, 5.41) is 5.09. The van der Waals surface area contributed by atoms with Crippen LogP contribution in [0, 0.1) is 0 Å². The summed E-state index contributed by atoms with van der Waals surface area (Å²) in [6, 6.07) is 4.00. The summed E-state index contributed by atoms with van der Waals surface area (Å²) in [7, 11) is 0. The van der Waals surface area contributed by atoms with Crippen LogP contribution in [0.4, 0.5) is 5.82 Å². The molecule has 8 heteroatoms. The van der Waals surface area contributed by atoms with E-state index in [-0.39, 0.29) is 5.54 Å². The fourth-order valence-electron chi connectivity index (χ4n) is 5.13. The zero-order valence-corrected chi connectivity index (χ0v) is 19.2. The lowest BCUT2D eigenvalue weighted by molar-refractivity contribution is -0.00921. The number of thiophene rings is 1. The van der Waals surface area contributed by atoms with Crippen LogP contribution in [0.15, 0.2) is 24.5 Å². The molecule has 3 aliphatic rings. The molecule has 6 rings (SSSR count). The molecule has 5 heterocycles. The van der Waals surface area contributed by atoms with E-state index < -0.39 is 0 Å². The minimum atomic E-state index is 0.180. The summed E-state index contributed by atoms with van der Waals surface area (Å²) in [6.45, 7) is 4.65. The van der Waals surface area contributed by atoms with Crippen molar-refractivity contribution < 1.29 is 4.74 Å². The lowest BCUT2D eigenvalue weighted by atomic mass is 9.95. The van der Waals surface area contributed by atoms with Crippen LogP contribution in [-0.4, -0.2) is 69.7 Å². The Morgan fingerprint density at radius 3 is 2.94 bits per heavy atom. The van der Waals surface area contributed by atoms with Gasteiger partial charge in [-0.05, 0) is 49.1 Å². The summed E-state index contributed by atoms with van der Waals surface area (Å²) < 4.78 is 5.64. The van der Waals surface area contributed by atoms with E-state index in [4.69, 9.17) is 14.7 Å². The third-order valence-electron chi connectivity index (χ3n) is 6.83. The third kappa shape index (κ3) is 3.63. The Morgan fingerprint density at radius 2 is 2.13 bits per heavy atom. The molecule has 0 spiro atoms. The highest BCUT2D eigenvalue weighted by Crippen LogP contribution is 2.41. The Labute approximate surface area is 190 Å². The molecule has 162 valence electrons. The lowest BCUT2D eigenvalue weighted by Gasteiger charge is -2.43. The van der Waals surface area contributed by atoms with E-state index in [0.717, 1.165) is 61.3 Å². The number of ether oxygens (including phenoxy) is 1. The van der Waals surface area contributed by atoms with Crippen molar-refractivity contribution in [2.45, 2.75) is 31.2 Å². The minimum Gasteiger partial charge on any atom is -0.379 e. The maximum absolute atomic E-state index is 5.64. The number of aromatic nitrogens is 3. The van der Waals surface area contributed by atoms with Crippen LogP contribution in [0.25, 0.3) is 21.6 Å². The lowest BCUT2D eigenvalue weighted by Crippen LogP contribution is -2.57. The van der Waals surface area contributed by atoms with Crippen LogP contribution in [0.2, 0.25) is 0 Å². The molecule has 2 aliphatic heterocycles. The maximum Gasteiger partial charge on any atom is 0.164 e. The van der Waals surface area contributed by atoms with Gasteiger partial charge in [-0.15, -0.1) is 11.3 Å². The number of fused-ring (bicyclic) bond motifs is 3. The van der Waals surface area contributed by atoms with Crippen molar-refractivity contribution >= 4 is 39.1 Å². The van der Waals surface area contributed by atoms with Crippen LogP contribution in [0.5, 0.6) is 0 Å². The summed E-state index contributed by atoms with van der Waals surface area (Å²) in [6.07, 6.45) is 8.43. The smallest absolute Gasteiger partial charge is 0.164 e. The maximum atomic E-state index is 5.64. The van der Waals surface area contributed by atoms with Gasteiger partial charge in [0.15, 0.2) is 5.82 Å². The van der Waals surface area contributed by atoms with Crippen LogP contribution >= 0.6 is 23.1 Å². The molecule has 1 aliphatic carbocycles. The van der Waals surface area contributed by atoms with E-state index in [2.05, 4.69) is 27.0 Å². The predicted octanol–water partition coefficient (Wildman–Crippen LogP) is 3.86. The quantitative estimate of drug-likeness (QED) is 0.629. The molecule has 31 heavy (non-hydrogen) atoms. The summed E-state index contributed by atoms with van der Waals surface area (Å²) >= 11 is 3.93. The molecule has 0 saturated carbocycles. The molecule has 6 nitrogen and oxygen atoms in total. The molecule has 3 aromatic rings. The van der Waals surface area contributed by atoms with Crippen molar-refractivity contribution in [2.75, 3.05) is 49.7 Å². The molecule has 1 unspecified atom stereocenters. The fourth-order valence-corrected chi connectivity index (χ4v) is 7.87. The normalized spacial score (nSPS) is 24.0. The highest BCUT2D eigenvalue weighted by atomic mass is 32.2. The Hall–Kier alpha value is -1.74. The van der Waals surface area contributed by atoms with Crippen molar-refractivity contribution in [1.82, 2.24) is 19.9 Å². The van der Waals surface area contributed by atoms with Gasteiger partial charge in [0.2, 0.25) is 0 Å². The van der Waals surface area contributed by atoms with Gasteiger partial charge in [-0.2, -0.15) is 11.8 Å². The van der Waals surface area contributed by atoms with Gasteiger partial charge in [0, 0.05) is 53.8 Å². The van der Waals surface area contributed by atoms with Crippen LogP contribution in [0.3, 0.4) is 0 Å². The minimum absolute atomic E-state index is 0.180. The first-order chi connectivity index (χ1) is 15.3.